The molecule has 1 heterocycles. The van der Waals surface area contributed by atoms with Gasteiger partial charge in [-0.05, 0) is 30.0 Å². The largest absolute Gasteiger partial charge is 0.481 e. The SMILES string of the molecule is CC(Oc1ccc(C(C)(C)C)cc1)C(=O)Nc1nncs1. The number of anilines is 1. The summed E-state index contributed by atoms with van der Waals surface area (Å²) in [5, 5.41) is 10.6. The normalized spacial score (nSPS) is 12.8. The molecule has 2 aromatic rings. The first-order valence-electron chi connectivity index (χ1n) is 6.70. The van der Waals surface area contributed by atoms with E-state index in [1.165, 1.54) is 16.9 Å². The minimum absolute atomic E-state index is 0.0966. The Morgan fingerprint density at radius 1 is 1.29 bits per heavy atom. The van der Waals surface area contributed by atoms with Gasteiger partial charge in [0.05, 0.1) is 0 Å². The Balaban J connectivity index is 1.96. The Morgan fingerprint density at radius 3 is 2.48 bits per heavy atom. The third-order valence-corrected chi connectivity index (χ3v) is 3.60. The second-order valence-electron chi connectivity index (χ2n) is 5.77. The third-order valence-electron chi connectivity index (χ3n) is 2.99. The highest BCUT2D eigenvalue weighted by molar-refractivity contribution is 7.13. The molecule has 0 saturated carbocycles. The minimum Gasteiger partial charge on any atom is -0.481 e. The van der Waals surface area contributed by atoms with Crippen LogP contribution in [0.3, 0.4) is 0 Å². The summed E-state index contributed by atoms with van der Waals surface area (Å²) in [6, 6.07) is 7.81. The lowest BCUT2D eigenvalue weighted by Gasteiger charge is -2.20. The number of nitrogens with one attached hydrogen (secondary N) is 1. The van der Waals surface area contributed by atoms with Gasteiger partial charge >= 0.3 is 0 Å². The number of rotatable bonds is 4. The predicted molar refractivity (Wildman–Crippen MR) is 83.8 cm³/mol. The average molecular weight is 305 g/mol. The third kappa shape index (κ3) is 4.26. The van der Waals surface area contributed by atoms with Crippen molar-refractivity contribution in [2.75, 3.05) is 5.32 Å². The van der Waals surface area contributed by atoms with Crippen LogP contribution in [0.25, 0.3) is 0 Å². The molecule has 0 aliphatic carbocycles. The zero-order valence-electron chi connectivity index (χ0n) is 12.6. The van der Waals surface area contributed by atoms with Crippen LogP contribution in [-0.2, 0) is 10.2 Å². The Bertz CT molecular complexity index is 588. The maximum absolute atomic E-state index is 11.9. The molecular formula is C15H19N3O2S. The van der Waals surface area contributed by atoms with Crippen molar-refractivity contribution >= 4 is 22.4 Å². The van der Waals surface area contributed by atoms with Gasteiger partial charge in [-0.2, -0.15) is 0 Å². The van der Waals surface area contributed by atoms with Gasteiger partial charge in [-0.25, -0.2) is 0 Å². The number of benzene rings is 1. The fourth-order valence-electron chi connectivity index (χ4n) is 1.73. The summed E-state index contributed by atoms with van der Waals surface area (Å²) in [5.74, 6) is 0.426. The van der Waals surface area contributed by atoms with Crippen molar-refractivity contribution < 1.29 is 9.53 Å². The highest BCUT2D eigenvalue weighted by Gasteiger charge is 2.17. The maximum atomic E-state index is 11.9. The van der Waals surface area contributed by atoms with E-state index in [0.717, 1.165) is 0 Å². The van der Waals surface area contributed by atoms with Crippen LogP contribution in [0.2, 0.25) is 0 Å². The Hall–Kier alpha value is -1.95. The topological polar surface area (TPSA) is 64.1 Å². The van der Waals surface area contributed by atoms with E-state index in [-0.39, 0.29) is 11.3 Å². The van der Waals surface area contributed by atoms with Crippen LogP contribution in [0.15, 0.2) is 29.8 Å². The molecule has 1 aromatic carbocycles. The van der Waals surface area contributed by atoms with E-state index in [1.54, 1.807) is 12.4 Å². The van der Waals surface area contributed by atoms with Crippen molar-refractivity contribution in [3.63, 3.8) is 0 Å². The number of carbonyl (C=O) groups is 1. The van der Waals surface area contributed by atoms with Gasteiger partial charge in [0, 0.05) is 0 Å². The molecule has 1 unspecified atom stereocenters. The van der Waals surface area contributed by atoms with E-state index in [2.05, 4.69) is 36.3 Å². The van der Waals surface area contributed by atoms with E-state index in [9.17, 15) is 4.79 Å². The fraction of sp³-hybridized carbons (Fsp3) is 0.400. The fourth-order valence-corrected chi connectivity index (χ4v) is 2.17. The maximum Gasteiger partial charge on any atom is 0.266 e. The first-order valence-corrected chi connectivity index (χ1v) is 7.58. The molecule has 0 fully saturated rings. The Morgan fingerprint density at radius 2 is 1.95 bits per heavy atom. The van der Waals surface area contributed by atoms with Gasteiger partial charge in [0.25, 0.3) is 5.91 Å². The summed E-state index contributed by atoms with van der Waals surface area (Å²) in [7, 11) is 0. The lowest BCUT2D eigenvalue weighted by Crippen LogP contribution is -2.30. The monoisotopic (exact) mass is 305 g/mol. The van der Waals surface area contributed by atoms with Gasteiger partial charge < -0.3 is 4.74 Å². The van der Waals surface area contributed by atoms with Crippen molar-refractivity contribution in [1.29, 1.82) is 0 Å². The molecular weight excluding hydrogens is 286 g/mol. The molecule has 0 aliphatic rings. The Kier molecular flexibility index (Phi) is 4.57. The summed E-state index contributed by atoms with van der Waals surface area (Å²) < 4.78 is 5.64. The second kappa shape index (κ2) is 6.22. The number of ether oxygens (including phenoxy) is 1. The van der Waals surface area contributed by atoms with E-state index < -0.39 is 6.10 Å². The van der Waals surface area contributed by atoms with Gasteiger partial charge in [0.1, 0.15) is 11.3 Å². The van der Waals surface area contributed by atoms with Gasteiger partial charge in [-0.15, -0.1) is 10.2 Å². The average Bonchev–Trinajstić information content (AvgIpc) is 2.91. The Labute approximate surface area is 128 Å². The summed E-state index contributed by atoms with van der Waals surface area (Å²) >= 11 is 1.27. The molecule has 0 radical (unpaired) electrons. The van der Waals surface area contributed by atoms with Crippen LogP contribution >= 0.6 is 11.3 Å². The van der Waals surface area contributed by atoms with Crippen molar-refractivity contribution in [3.05, 3.63) is 35.3 Å². The minimum atomic E-state index is -0.602. The van der Waals surface area contributed by atoms with Gasteiger partial charge in [0.2, 0.25) is 5.13 Å². The standard InChI is InChI=1S/C15H19N3O2S/c1-10(13(19)17-14-18-16-9-21-14)20-12-7-5-11(6-8-12)15(2,3)4/h5-10H,1-4H3,(H,17,18,19). The zero-order valence-corrected chi connectivity index (χ0v) is 13.4. The van der Waals surface area contributed by atoms with E-state index in [4.69, 9.17) is 4.74 Å². The molecule has 0 bridgehead atoms. The first kappa shape index (κ1) is 15.4. The van der Waals surface area contributed by atoms with Crippen LogP contribution in [0.1, 0.15) is 33.3 Å². The number of carbonyl (C=O) groups excluding carboxylic acids is 1. The summed E-state index contributed by atoms with van der Waals surface area (Å²) in [4.78, 5) is 11.9. The highest BCUT2D eigenvalue weighted by Crippen LogP contribution is 2.24. The number of nitrogens with zero attached hydrogens (tertiary/aromatic N) is 2. The molecule has 2 rings (SSSR count). The van der Waals surface area contributed by atoms with Crippen molar-refractivity contribution in [3.8, 4) is 5.75 Å². The molecule has 1 N–H and O–H groups in total. The summed E-state index contributed by atoms with van der Waals surface area (Å²) in [6.07, 6.45) is -0.602. The van der Waals surface area contributed by atoms with Gasteiger partial charge in [-0.1, -0.05) is 44.2 Å². The molecule has 0 saturated heterocycles. The number of aromatic nitrogens is 2. The molecule has 1 atom stereocenters. The van der Waals surface area contributed by atoms with Gasteiger partial charge in [-0.3, -0.25) is 10.1 Å². The first-order chi connectivity index (χ1) is 9.86. The molecule has 0 spiro atoms. The van der Waals surface area contributed by atoms with Crippen LogP contribution in [0, 0.1) is 0 Å². The van der Waals surface area contributed by atoms with Gasteiger partial charge in [0.15, 0.2) is 6.10 Å². The lowest BCUT2D eigenvalue weighted by molar-refractivity contribution is -0.122. The molecule has 1 amide bonds. The number of hydrogen-bond acceptors (Lipinski definition) is 5. The smallest absolute Gasteiger partial charge is 0.266 e. The van der Waals surface area contributed by atoms with E-state index in [1.807, 2.05) is 24.3 Å². The zero-order chi connectivity index (χ0) is 15.5. The quantitative estimate of drug-likeness (QED) is 0.942. The second-order valence-corrected chi connectivity index (χ2v) is 6.60. The molecule has 6 heteroatoms. The predicted octanol–water partition coefficient (Wildman–Crippen LogP) is 3.24. The summed E-state index contributed by atoms with van der Waals surface area (Å²) in [6.45, 7) is 8.16. The molecule has 112 valence electrons. The van der Waals surface area contributed by atoms with E-state index in [0.29, 0.717) is 10.9 Å². The van der Waals surface area contributed by atoms with Crippen molar-refractivity contribution in [2.24, 2.45) is 0 Å². The van der Waals surface area contributed by atoms with Crippen LogP contribution in [0.5, 0.6) is 5.75 Å². The highest BCUT2D eigenvalue weighted by atomic mass is 32.1. The summed E-state index contributed by atoms with van der Waals surface area (Å²) in [5.41, 5.74) is 2.88. The van der Waals surface area contributed by atoms with Crippen molar-refractivity contribution in [1.82, 2.24) is 10.2 Å². The molecule has 0 aliphatic heterocycles. The van der Waals surface area contributed by atoms with Crippen LogP contribution in [0.4, 0.5) is 5.13 Å². The number of amides is 1. The van der Waals surface area contributed by atoms with Crippen LogP contribution < -0.4 is 10.1 Å². The molecule has 1 aromatic heterocycles. The van der Waals surface area contributed by atoms with E-state index >= 15 is 0 Å². The lowest BCUT2D eigenvalue weighted by atomic mass is 9.87. The molecule has 5 nitrogen and oxygen atoms in total. The molecule has 21 heavy (non-hydrogen) atoms. The van der Waals surface area contributed by atoms with Crippen molar-refractivity contribution in [2.45, 2.75) is 39.2 Å². The van der Waals surface area contributed by atoms with Crippen LogP contribution in [-0.4, -0.2) is 22.2 Å². The number of hydrogen-bond donors (Lipinski definition) is 1.